The van der Waals surface area contributed by atoms with Crippen LogP contribution in [0.25, 0.3) is 0 Å². The van der Waals surface area contributed by atoms with Gasteiger partial charge >= 0.3 is 0 Å². The van der Waals surface area contributed by atoms with Gasteiger partial charge in [0, 0.05) is 40.9 Å². The second kappa shape index (κ2) is 16.7. The largest absolute Gasteiger partial charge is 0.390 e. The highest BCUT2D eigenvalue weighted by Gasteiger charge is 2.24. The Labute approximate surface area is 268 Å². The van der Waals surface area contributed by atoms with Crippen molar-refractivity contribution >= 4 is 40.9 Å². The lowest BCUT2D eigenvalue weighted by Gasteiger charge is -2.31. The molecule has 0 aliphatic heterocycles. The molecule has 1 amide bonds. The summed E-state index contributed by atoms with van der Waals surface area (Å²) in [5, 5.41) is 17.3. The zero-order valence-corrected chi connectivity index (χ0v) is 27.2. The number of aryl methyl sites for hydroxylation is 1. The zero-order valence-electron chi connectivity index (χ0n) is 24.2. The van der Waals surface area contributed by atoms with Gasteiger partial charge in [-0.05, 0) is 109 Å². The average Bonchev–Trinajstić information content (AvgIpc) is 2.92. The van der Waals surface area contributed by atoms with Gasteiger partial charge in [0.05, 0.1) is 12.1 Å². The number of amides is 1. The lowest BCUT2D eigenvalue weighted by molar-refractivity contribution is 0.0829. The van der Waals surface area contributed by atoms with E-state index in [0.29, 0.717) is 23.7 Å². The fraction of sp³-hybridized carbons (Fsp3) is 0.424. The molecule has 0 bridgehead atoms. The normalized spacial score (nSPS) is 15.2. The average molecular weight is 712 g/mol. The molecule has 42 heavy (non-hydrogen) atoms. The molecule has 3 aromatic rings. The molecule has 1 aliphatic carbocycles. The van der Waals surface area contributed by atoms with Gasteiger partial charge < -0.3 is 15.7 Å². The fourth-order valence-electron chi connectivity index (χ4n) is 5.70. The molecule has 0 heterocycles. The lowest BCUT2D eigenvalue weighted by atomic mass is 9.94. The highest BCUT2D eigenvalue weighted by molar-refractivity contribution is 14.1. The van der Waals surface area contributed by atoms with E-state index in [2.05, 4.69) is 57.3 Å². The van der Waals surface area contributed by atoms with Crippen LogP contribution < -0.4 is 10.6 Å². The van der Waals surface area contributed by atoms with Gasteiger partial charge in [-0.1, -0.05) is 43.0 Å². The maximum Gasteiger partial charge on any atom is 0.251 e. The minimum Gasteiger partial charge on any atom is -0.390 e. The number of carbonyl (C=O) groups excluding carboxylic acids is 1. The van der Waals surface area contributed by atoms with Gasteiger partial charge in [0.2, 0.25) is 0 Å². The monoisotopic (exact) mass is 711 g/mol. The van der Waals surface area contributed by atoms with Crippen molar-refractivity contribution in [1.82, 2.24) is 15.5 Å². The first-order chi connectivity index (χ1) is 19.7. The van der Waals surface area contributed by atoms with E-state index in [1.54, 1.807) is 0 Å². The Morgan fingerprint density at radius 2 is 1.71 bits per heavy atom. The molecule has 228 valence electrons. The molecule has 0 radical (unpaired) electrons. The van der Waals surface area contributed by atoms with Gasteiger partial charge in [0.25, 0.3) is 5.91 Å². The van der Waals surface area contributed by atoms with E-state index in [1.807, 2.05) is 37.3 Å². The third-order valence-corrected chi connectivity index (χ3v) is 8.43. The minimum absolute atomic E-state index is 0. The maximum atomic E-state index is 14.0. The van der Waals surface area contributed by atoms with Crippen molar-refractivity contribution in [2.24, 2.45) is 0 Å². The topological polar surface area (TPSA) is 64.6 Å². The molecule has 1 saturated carbocycles. The van der Waals surface area contributed by atoms with Crippen molar-refractivity contribution in [3.05, 3.63) is 104 Å². The van der Waals surface area contributed by atoms with Crippen molar-refractivity contribution < 1.29 is 18.7 Å². The van der Waals surface area contributed by atoms with E-state index in [1.165, 1.54) is 44.2 Å². The van der Waals surface area contributed by atoms with E-state index in [0.717, 1.165) is 32.9 Å². The second-order valence-corrected chi connectivity index (χ2v) is 12.5. The van der Waals surface area contributed by atoms with Crippen LogP contribution in [-0.4, -0.2) is 47.7 Å². The lowest BCUT2D eigenvalue weighted by Crippen LogP contribution is -2.48. The summed E-state index contributed by atoms with van der Waals surface area (Å²) in [5.41, 5.74) is 3.98. The number of benzene rings is 3. The summed E-state index contributed by atoms with van der Waals surface area (Å²) in [6.07, 6.45) is 5.31. The quantitative estimate of drug-likeness (QED) is 0.187. The first-order valence-corrected chi connectivity index (χ1v) is 15.4. The smallest absolute Gasteiger partial charge is 0.251 e. The predicted octanol–water partition coefficient (Wildman–Crippen LogP) is 6.56. The zero-order chi connectivity index (χ0) is 29.4. The molecule has 1 aliphatic rings. The van der Waals surface area contributed by atoms with Crippen LogP contribution in [0.2, 0.25) is 0 Å². The Morgan fingerprint density at radius 1 is 1.00 bits per heavy atom. The number of aliphatic hydroxyl groups is 1. The van der Waals surface area contributed by atoms with Gasteiger partial charge in [-0.3, -0.25) is 9.69 Å². The summed E-state index contributed by atoms with van der Waals surface area (Å²) in [5.74, 6) is -1.71. The van der Waals surface area contributed by atoms with Crippen molar-refractivity contribution in [2.45, 2.75) is 76.7 Å². The summed E-state index contributed by atoms with van der Waals surface area (Å²) in [7, 11) is 2.14. The number of nitrogens with zero attached hydrogens (tertiary/aromatic N) is 1. The standard InChI is InChI=1S/C33H40F2IN3O2.ClH/c1-22-11-25(21-39(2)30-9-4-3-5-10-30)13-26(12-22)33(41)38-31(17-24-14-27(34)18-28(35)15-24)32(40)20-37-19-23-7-6-8-29(36)16-23;/h6-8,11-16,18,30-32,37,40H,3-5,9-10,17,19-21H2,1-2H3,(H,38,41);1H/t31-,32-;/m0./s1. The summed E-state index contributed by atoms with van der Waals surface area (Å²) >= 11 is 2.25. The number of carbonyl (C=O) groups is 1. The van der Waals surface area contributed by atoms with Crippen molar-refractivity contribution in [2.75, 3.05) is 13.6 Å². The molecule has 0 unspecified atom stereocenters. The predicted molar refractivity (Wildman–Crippen MR) is 175 cm³/mol. The molecule has 0 aromatic heterocycles. The first-order valence-electron chi connectivity index (χ1n) is 14.4. The molecule has 2 atom stereocenters. The second-order valence-electron chi connectivity index (χ2n) is 11.3. The summed E-state index contributed by atoms with van der Waals surface area (Å²) in [4.78, 5) is 15.9. The van der Waals surface area contributed by atoms with Crippen LogP contribution in [-0.2, 0) is 19.5 Å². The highest BCUT2D eigenvalue weighted by atomic mass is 127. The summed E-state index contributed by atoms with van der Waals surface area (Å²) < 4.78 is 29.0. The van der Waals surface area contributed by atoms with Crippen LogP contribution in [0.15, 0.2) is 60.7 Å². The maximum absolute atomic E-state index is 14.0. The van der Waals surface area contributed by atoms with Crippen LogP contribution in [0.4, 0.5) is 8.78 Å². The summed E-state index contributed by atoms with van der Waals surface area (Å²) in [6, 6.07) is 16.9. The summed E-state index contributed by atoms with van der Waals surface area (Å²) in [6.45, 7) is 3.46. The molecular weight excluding hydrogens is 671 g/mol. The van der Waals surface area contributed by atoms with Gasteiger partial charge in [-0.25, -0.2) is 8.78 Å². The number of hydrogen-bond acceptors (Lipinski definition) is 4. The molecule has 4 rings (SSSR count). The van der Waals surface area contributed by atoms with Crippen LogP contribution >= 0.6 is 35.0 Å². The molecular formula is C33H41ClF2IN3O2. The molecule has 0 saturated heterocycles. The number of rotatable bonds is 12. The van der Waals surface area contributed by atoms with Crippen LogP contribution in [0.5, 0.6) is 0 Å². The Kier molecular flexibility index (Phi) is 13.6. The minimum atomic E-state index is -0.991. The Balaban J connectivity index is 0.00000484. The molecule has 9 heteroatoms. The van der Waals surface area contributed by atoms with Crippen LogP contribution in [0, 0.1) is 22.1 Å². The van der Waals surface area contributed by atoms with E-state index in [4.69, 9.17) is 0 Å². The molecule has 3 aromatic carbocycles. The van der Waals surface area contributed by atoms with Gasteiger partial charge in [-0.15, -0.1) is 12.4 Å². The van der Waals surface area contributed by atoms with Crippen LogP contribution in [0.3, 0.4) is 0 Å². The van der Waals surface area contributed by atoms with Crippen LogP contribution in [0.1, 0.15) is 64.7 Å². The molecule has 3 N–H and O–H groups in total. The molecule has 1 fully saturated rings. The van der Waals surface area contributed by atoms with Crippen molar-refractivity contribution in [3.63, 3.8) is 0 Å². The number of hydrogen-bond donors (Lipinski definition) is 3. The third-order valence-electron chi connectivity index (χ3n) is 7.76. The van der Waals surface area contributed by atoms with Gasteiger partial charge in [0.15, 0.2) is 0 Å². The molecule has 5 nitrogen and oxygen atoms in total. The van der Waals surface area contributed by atoms with E-state index >= 15 is 0 Å². The van der Waals surface area contributed by atoms with Crippen molar-refractivity contribution in [1.29, 1.82) is 0 Å². The fourth-order valence-corrected chi connectivity index (χ4v) is 6.30. The van der Waals surface area contributed by atoms with E-state index in [-0.39, 0.29) is 31.3 Å². The highest BCUT2D eigenvalue weighted by Crippen LogP contribution is 2.23. The Morgan fingerprint density at radius 3 is 2.40 bits per heavy atom. The first kappa shape index (κ1) is 34.4. The Hall–Kier alpha value is -2.11. The SMILES string of the molecule is Cc1cc(CN(C)C2CCCCC2)cc(C(=O)N[C@@H](Cc2cc(F)cc(F)c2)[C@@H](O)CNCc2cccc(I)c2)c1.Cl. The Bertz CT molecular complexity index is 1300. The van der Waals surface area contributed by atoms with Gasteiger partial charge in [-0.2, -0.15) is 0 Å². The number of nitrogens with one attached hydrogen (secondary N) is 2. The van der Waals surface area contributed by atoms with Crippen molar-refractivity contribution in [3.8, 4) is 0 Å². The molecule has 0 spiro atoms. The van der Waals surface area contributed by atoms with E-state index in [9.17, 15) is 18.7 Å². The number of aliphatic hydroxyl groups excluding tert-OH is 1. The van der Waals surface area contributed by atoms with E-state index < -0.39 is 23.8 Å². The van der Waals surface area contributed by atoms with Gasteiger partial charge in [0.1, 0.15) is 11.6 Å². The third kappa shape index (κ3) is 10.6. The number of halogens is 4.